The van der Waals surface area contributed by atoms with E-state index in [4.69, 9.17) is 27.9 Å². The average molecular weight is 386 g/mol. The van der Waals surface area contributed by atoms with Gasteiger partial charge in [0.25, 0.3) is 5.91 Å². The van der Waals surface area contributed by atoms with Crippen LogP contribution in [0.25, 0.3) is 11.1 Å². The summed E-state index contributed by atoms with van der Waals surface area (Å²) >= 11 is 12.4. The lowest BCUT2D eigenvalue weighted by molar-refractivity contribution is -0.114. The first-order chi connectivity index (χ1) is 11.3. The number of hydrogen-bond donors (Lipinski definition) is 1. The van der Waals surface area contributed by atoms with Crippen molar-refractivity contribution in [3.63, 3.8) is 0 Å². The number of rotatable bonds is 5. The highest BCUT2D eigenvalue weighted by atomic mass is 35.5. The van der Waals surface area contributed by atoms with Gasteiger partial charge in [-0.05, 0) is 31.9 Å². The van der Waals surface area contributed by atoms with Crippen molar-refractivity contribution in [1.29, 1.82) is 0 Å². The molecule has 128 valence electrons. The minimum absolute atomic E-state index is 0.238. The highest BCUT2D eigenvalue weighted by Crippen LogP contribution is 2.38. The number of benzene rings is 1. The molecule has 0 unspecified atom stereocenters. The number of esters is 1. The molecule has 1 aromatic carbocycles. The molecule has 0 spiro atoms. The Bertz CT molecular complexity index is 771. The van der Waals surface area contributed by atoms with Crippen molar-refractivity contribution < 1.29 is 14.3 Å². The van der Waals surface area contributed by atoms with Crippen LogP contribution in [0.15, 0.2) is 23.6 Å². The van der Waals surface area contributed by atoms with Gasteiger partial charge in [-0.3, -0.25) is 4.79 Å². The highest BCUT2D eigenvalue weighted by molar-refractivity contribution is 7.15. The second-order valence-corrected chi connectivity index (χ2v) is 7.16. The van der Waals surface area contributed by atoms with Gasteiger partial charge in [0.1, 0.15) is 10.6 Å². The van der Waals surface area contributed by atoms with E-state index in [1.165, 1.54) is 11.3 Å². The zero-order chi connectivity index (χ0) is 17.9. The summed E-state index contributed by atoms with van der Waals surface area (Å²) in [4.78, 5) is 23.0. The normalized spacial score (nSPS) is 10.8. The van der Waals surface area contributed by atoms with E-state index in [0.29, 0.717) is 16.1 Å². The highest BCUT2D eigenvalue weighted by Gasteiger charge is 2.24. The van der Waals surface area contributed by atoms with Gasteiger partial charge in [0.05, 0.1) is 6.61 Å². The van der Waals surface area contributed by atoms with E-state index in [-0.39, 0.29) is 6.61 Å². The number of alkyl halides is 2. The van der Waals surface area contributed by atoms with Gasteiger partial charge in [-0.15, -0.1) is 11.3 Å². The molecular formula is C17H17Cl2NO3S. The third kappa shape index (κ3) is 4.09. The van der Waals surface area contributed by atoms with E-state index < -0.39 is 16.7 Å². The molecule has 0 aliphatic carbocycles. The van der Waals surface area contributed by atoms with E-state index >= 15 is 0 Å². The first-order valence-electron chi connectivity index (χ1n) is 7.30. The summed E-state index contributed by atoms with van der Waals surface area (Å²) in [5.74, 6) is -1.08. The van der Waals surface area contributed by atoms with Gasteiger partial charge in [-0.25, -0.2) is 4.79 Å². The van der Waals surface area contributed by atoms with E-state index in [9.17, 15) is 9.59 Å². The van der Waals surface area contributed by atoms with Crippen LogP contribution in [0.5, 0.6) is 0 Å². The summed E-state index contributed by atoms with van der Waals surface area (Å²) in [5.41, 5.74) is 4.10. The third-order valence-corrected chi connectivity index (χ3v) is 4.67. The number of ether oxygens (including phenoxy) is 1. The van der Waals surface area contributed by atoms with Crippen molar-refractivity contribution >= 4 is 51.4 Å². The number of nitrogens with one attached hydrogen (secondary N) is 1. The van der Waals surface area contributed by atoms with Gasteiger partial charge in [-0.1, -0.05) is 47.0 Å². The minimum Gasteiger partial charge on any atom is -0.462 e. The van der Waals surface area contributed by atoms with Crippen molar-refractivity contribution in [3.8, 4) is 11.1 Å². The molecule has 1 heterocycles. The van der Waals surface area contributed by atoms with Crippen LogP contribution in [0, 0.1) is 13.8 Å². The quantitative estimate of drug-likeness (QED) is 0.584. The third-order valence-electron chi connectivity index (χ3n) is 3.38. The van der Waals surface area contributed by atoms with Gasteiger partial charge < -0.3 is 10.1 Å². The number of carbonyl (C=O) groups is 2. The zero-order valence-electron chi connectivity index (χ0n) is 13.5. The maximum Gasteiger partial charge on any atom is 0.341 e. The predicted molar refractivity (Wildman–Crippen MR) is 99.3 cm³/mol. The molecule has 0 aliphatic rings. The summed E-state index contributed by atoms with van der Waals surface area (Å²) in [6, 6.07) is 5.96. The summed E-state index contributed by atoms with van der Waals surface area (Å²) in [7, 11) is 0. The maximum atomic E-state index is 12.4. The smallest absolute Gasteiger partial charge is 0.341 e. The SMILES string of the molecule is CCOC(=O)c1c(-c2ccc(C)cc2C)csc1NC(=O)C(Cl)Cl. The van der Waals surface area contributed by atoms with Crippen LogP contribution < -0.4 is 5.32 Å². The summed E-state index contributed by atoms with van der Waals surface area (Å²) in [6.07, 6.45) is 0. The van der Waals surface area contributed by atoms with Crippen molar-refractivity contribution in [1.82, 2.24) is 0 Å². The maximum absolute atomic E-state index is 12.4. The Kier molecular flexibility index (Phi) is 6.27. The monoisotopic (exact) mass is 385 g/mol. The van der Waals surface area contributed by atoms with Crippen LogP contribution in [0.3, 0.4) is 0 Å². The molecule has 1 amide bonds. The molecular weight excluding hydrogens is 369 g/mol. The molecule has 2 aromatic rings. The molecule has 0 saturated carbocycles. The Balaban J connectivity index is 2.53. The number of anilines is 1. The number of thiophene rings is 1. The molecule has 7 heteroatoms. The van der Waals surface area contributed by atoms with Gasteiger partial charge in [0, 0.05) is 10.9 Å². The largest absolute Gasteiger partial charge is 0.462 e. The molecule has 0 aliphatic heterocycles. The first-order valence-corrected chi connectivity index (χ1v) is 9.05. The van der Waals surface area contributed by atoms with Crippen LogP contribution >= 0.6 is 34.5 Å². The van der Waals surface area contributed by atoms with Gasteiger partial charge >= 0.3 is 5.97 Å². The van der Waals surface area contributed by atoms with Crippen molar-refractivity contribution in [2.75, 3.05) is 11.9 Å². The second kappa shape index (κ2) is 8.01. The molecule has 24 heavy (non-hydrogen) atoms. The molecule has 4 nitrogen and oxygen atoms in total. The number of hydrogen-bond acceptors (Lipinski definition) is 4. The van der Waals surface area contributed by atoms with Crippen LogP contribution in [0.2, 0.25) is 0 Å². The average Bonchev–Trinajstić information content (AvgIpc) is 2.90. The van der Waals surface area contributed by atoms with Crippen LogP contribution in [0.1, 0.15) is 28.4 Å². The van der Waals surface area contributed by atoms with Gasteiger partial charge in [-0.2, -0.15) is 0 Å². The lowest BCUT2D eigenvalue weighted by atomic mass is 9.97. The van der Waals surface area contributed by atoms with E-state index in [0.717, 1.165) is 16.7 Å². The lowest BCUT2D eigenvalue weighted by Crippen LogP contribution is -2.19. The van der Waals surface area contributed by atoms with Crippen LogP contribution in [-0.4, -0.2) is 23.3 Å². The molecule has 0 atom stereocenters. The topological polar surface area (TPSA) is 55.4 Å². The summed E-state index contributed by atoms with van der Waals surface area (Å²) < 4.78 is 5.15. The number of amides is 1. The Hall–Kier alpha value is -1.56. The standard InChI is InChI=1S/C17H17Cl2NO3S/c1-4-23-17(22)13-12(11-6-5-9(2)7-10(11)3)8-24-16(13)20-15(21)14(18)19/h5-8,14H,4H2,1-3H3,(H,20,21). The minimum atomic E-state index is -1.22. The molecule has 2 rings (SSSR count). The zero-order valence-corrected chi connectivity index (χ0v) is 15.8. The fourth-order valence-electron chi connectivity index (χ4n) is 2.34. The molecule has 0 fully saturated rings. The fraction of sp³-hybridized carbons (Fsp3) is 0.294. The summed E-state index contributed by atoms with van der Waals surface area (Å²) in [6.45, 7) is 5.94. The first kappa shape index (κ1) is 18.8. The van der Waals surface area contributed by atoms with Crippen molar-refractivity contribution in [2.24, 2.45) is 0 Å². The Morgan fingerprint density at radius 3 is 2.54 bits per heavy atom. The second-order valence-electron chi connectivity index (χ2n) is 5.18. The van der Waals surface area contributed by atoms with Crippen molar-refractivity contribution in [2.45, 2.75) is 25.6 Å². The number of aryl methyl sites for hydroxylation is 2. The lowest BCUT2D eigenvalue weighted by Gasteiger charge is -2.11. The number of halogens is 2. The van der Waals surface area contributed by atoms with E-state index in [2.05, 4.69) is 5.32 Å². The molecule has 0 radical (unpaired) electrons. The van der Waals surface area contributed by atoms with Gasteiger partial charge in [0.2, 0.25) is 0 Å². The Morgan fingerprint density at radius 1 is 1.25 bits per heavy atom. The number of carbonyl (C=O) groups excluding carboxylic acids is 2. The van der Waals surface area contributed by atoms with Gasteiger partial charge in [0.15, 0.2) is 4.84 Å². The van der Waals surface area contributed by atoms with Crippen molar-refractivity contribution in [3.05, 3.63) is 40.3 Å². The van der Waals surface area contributed by atoms with Crippen LogP contribution in [0.4, 0.5) is 5.00 Å². The predicted octanol–water partition coefficient (Wildman–Crippen LogP) is 4.95. The molecule has 1 aromatic heterocycles. The Morgan fingerprint density at radius 2 is 1.96 bits per heavy atom. The summed E-state index contributed by atoms with van der Waals surface area (Å²) in [5, 5.41) is 4.78. The fourth-order valence-corrected chi connectivity index (χ4v) is 3.40. The Labute approximate surface area is 154 Å². The van der Waals surface area contributed by atoms with E-state index in [1.54, 1.807) is 6.92 Å². The molecule has 0 bridgehead atoms. The van der Waals surface area contributed by atoms with E-state index in [1.807, 2.05) is 37.4 Å². The van der Waals surface area contributed by atoms with Crippen LogP contribution in [-0.2, 0) is 9.53 Å². The molecule has 1 N–H and O–H groups in total. The molecule has 0 saturated heterocycles.